The fourth-order valence-electron chi connectivity index (χ4n) is 0.853. The number of hydrogen-bond donors (Lipinski definition) is 1. The second kappa shape index (κ2) is 4.07. The number of nitro groups is 1. The highest BCUT2D eigenvalue weighted by Crippen LogP contribution is 2.13. The molecule has 1 aromatic rings. The largest absolute Gasteiger partial charge is 0.378 e. The molecule has 1 aromatic heterocycles. The second-order valence-corrected chi connectivity index (χ2v) is 3.44. The van der Waals surface area contributed by atoms with Gasteiger partial charge in [-0.25, -0.2) is 4.98 Å². The molecular formula is C10H10N2O3. The van der Waals surface area contributed by atoms with E-state index in [1.165, 1.54) is 32.2 Å². The van der Waals surface area contributed by atoms with E-state index in [4.69, 9.17) is 0 Å². The molecule has 0 amide bonds. The predicted molar refractivity (Wildman–Crippen MR) is 54.1 cm³/mol. The molecule has 1 heterocycles. The lowest BCUT2D eigenvalue weighted by molar-refractivity contribution is -0.385. The minimum absolute atomic E-state index is 0.0598. The molecule has 15 heavy (non-hydrogen) atoms. The molecule has 0 aliphatic carbocycles. The Bertz CT molecular complexity index is 438. The molecule has 5 nitrogen and oxygen atoms in total. The molecule has 0 spiro atoms. The first kappa shape index (κ1) is 11.1. The maximum atomic E-state index is 10.6. The molecule has 0 aromatic carbocycles. The van der Waals surface area contributed by atoms with Crippen LogP contribution in [0.3, 0.4) is 0 Å². The van der Waals surface area contributed by atoms with Crippen molar-refractivity contribution in [3.63, 3.8) is 0 Å². The molecule has 0 aliphatic heterocycles. The van der Waals surface area contributed by atoms with Crippen LogP contribution in [0.4, 0.5) is 5.69 Å². The van der Waals surface area contributed by atoms with Crippen molar-refractivity contribution in [3.8, 4) is 11.8 Å². The number of rotatable bonds is 1. The van der Waals surface area contributed by atoms with Gasteiger partial charge in [0.25, 0.3) is 0 Å². The molecular weight excluding hydrogens is 196 g/mol. The Morgan fingerprint density at radius 2 is 2.27 bits per heavy atom. The summed E-state index contributed by atoms with van der Waals surface area (Å²) in [5.74, 6) is 4.95. The van der Waals surface area contributed by atoms with Crippen LogP contribution in [0.15, 0.2) is 18.3 Å². The van der Waals surface area contributed by atoms with Gasteiger partial charge in [0.15, 0.2) is 5.69 Å². The van der Waals surface area contributed by atoms with E-state index < -0.39 is 10.5 Å². The van der Waals surface area contributed by atoms with Crippen molar-refractivity contribution in [1.82, 2.24) is 4.98 Å². The summed E-state index contributed by atoms with van der Waals surface area (Å²) < 4.78 is 0. The first-order valence-electron chi connectivity index (χ1n) is 4.25. The minimum atomic E-state index is -1.19. The van der Waals surface area contributed by atoms with Gasteiger partial charge in [0.1, 0.15) is 5.60 Å². The van der Waals surface area contributed by atoms with Crippen molar-refractivity contribution in [1.29, 1.82) is 0 Å². The summed E-state index contributed by atoms with van der Waals surface area (Å²) in [5.41, 5.74) is -1.29. The SMILES string of the molecule is CC(C)(O)C#Cc1ncccc1[N+](=O)[O-]. The predicted octanol–water partition coefficient (Wildman–Crippen LogP) is 1.11. The summed E-state index contributed by atoms with van der Waals surface area (Å²) in [7, 11) is 0. The Morgan fingerprint density at radius 3 is 2.80 bits per heavy atom. The van der Waals surface area contributed by atoms with E-state index in [0.717, 1.165) is 0 Å². The summed E-state index contributed by atoms with van der Waals surface area (Å²) in [6, 6.07) is 2.79. The molecule has 0 saturated heterocycles. The molecule has 0 atom stereocenters. The van der Waals surface area contributed by atoms with E-state index in [2.05, 4.69) is 16.8 Å². The number of nitrogens with zero attached hydrogens (tertiary/aromatic N) is 2. The van der Waals surface area contributed by atoms with E-state index >= 15 is 0 Å². The summed E-state index contributed by atoms with van der Waals surface area (Å²) in [6.45, 7) is 2.99. The Morgan fingerprint density at radius 1 is 1.60 bits per heavy atom. The van der Waals surface area contributed by atoms with Gasteiger partial charge < -0.3 is 5.11 Å². The van der Waals surface area contributed by atoms with E-state index in [1.807, 2.05) is 0 Å². The lowest BCUT2D eigenvalue weighted by atomic mass is 10.1. The van der Waals surface area contributed by atoms with Gasteiger partial charge in [0.05, 0.1) is 4.92 Å². The first-order chi connectivity index (χ1) is 6.90. The molecule has 0 saturated carbocycles. The van der Waals surface area contributed by atoms with Gasteiger partial charge in [-0.05, 0) is 25.8 Å². The van der Waals surface area contributed by atoms with Crippen molar-refractivity contribution in [2.45, 2.75) is 19.4 Å². The number of pyridine rings is 1. The number of aliphatic hydroxyl groups is 1. The lowest BCUT2D eigenvalue weighted by Gasteiger charge is -2.05. The number of hydrogen-bond acceptors (Lipinski definition) is 4. The highest BCUT2D eigenvalue weighted by Gasteiger charge is 2.13. The normalized spacial score (nSPS) is 10.3. The van der Waals surface area contributed by atoms with Crippen molar-refractivity contribution < 1.29 is 10.0 Å². The van der Waals surface area contributed by atoms with E-state index in [1.54, 1.807) is 0 Å². The Hall–Kier alpha value is -1.93. The second-order valence-electron chi connectivity index (χ2n) is 3.44. The zero-order chi connectivity index (χ0) is 11.5. The van der Waals surface area contributed by atoms with Crippen LogP contribution in [-0.4, -0.2) is 20.6 Å². The topological polar surface area (TPSA) is 76.3 Å². The lowest BCUT2D eigenvalue weighted by Crippen LogP contribution is -2.14. The highest BCUT2D eigenvalue weighted by atomic mass is 16.6. The van der Waals surface area contributed by atoms with Crippen LogP contribution in [0.5, 0.6) is 0 Å². The zero-order valence-corrected chi connectivity index (χ0v) is 8.39. The first-order valence-corrected chi connectivity index (χ1v) is 4.25. The Labute approximate surface area is 86.9 Å². The van der Waals surface area contributed by atoms with E-state index in [-0.39, 0.29) is 11.4 Å². The molecule has 5 heteroatoms. The third-order valence-corrected chi connectivity index (χ3v) is 1.47. The molecule has 0 bridgehead atoms. The molecule has 0 fully saturated rings. The minimum Gasteiger partial charge on any atom is -0.378 e. The highest BCUT2D eigenvalue weighted by molar-refractivity contribution is 5.46. The van der Waals surface area contributed by atoms with Crippen LogP contribution < -0.4 is 0 Å². The van der Waals surface area contributed by atoms with Crippen molar-refractivity contribution in [2.24, 2.45) is 0 Å². The van der Waals surface area contributed by atoms with Gasteiger partial charge in [-0.15, -0.1) is 0 Å². The van der Waals surface area contributed by atoms with Crippen molar-refractivity contribution >= 4 is 5.69 Å². The van der Waals surface area contributed by atoms with Gasteiger partial charge in [-0.3, -0.25) is 10.1 Å². The van der Waals surface area contributed by atoms with Gasteiger partial charge in [-0.1, -0.05) is 5.92 Å². The molecule has 0 unspecified atom stereocenters. The van der Waals surface area contributed by atoms with Gasteiger partial charge in [0.2, 0.25) is 0 Å². The van der Waals surface area contributed by atoms with Crippen LogP contribution in [-0.2, 0) is 0 Å². The standard InChI is InChI=1S/C10H10N2O3/c1-10(2,13)6-5-8-9(12(14)15)4-3-7-11-8/h3-4,7,13H,1-2H3. The third kappa shape index (κ3) is 3.37. The average Bonchev–Trinajstić information content (AvgIpc) is 2.14. The molecule has 1 rings (SSSR count). The summed E-state index contributed by atoms with van der Waals surface area (Å²) in [4.78, 5) is 13.8. The smallest absolute Gasteiger partial charge is 0.303 e. The van der Waals surface area contributed by atoms with Crippen LogP contribution in [0.25, 0.3) is 0 Å². The van der Waals surface area contributed by atoms with Crippen LogP contribution in [0.1, 0.15) is 19.5 Å². The quantitative estimate of drug-likeness (QED) is 0.424. The third-order valence-electron chi connectivity index (χ3n) is 1.47. The summed E-state index contributed by atoms with van der Waals surface area (Å²) in [5, 5.41) is 19.9. The fraction of sp³-hybridized carbons (Fsp3) is 0.300. The maximum absolute atomic E-state index is 10.6. The summed E-state index contributed by atoms with van der Waals surface area (Å²) in [6.07, 6.45) is 1.42. The summed E-state index contributed by atoms with van der Waals surface area (Å²) >= 11 is 0. The van der Waals surface area contributed by atoms with Crippen LogP contribution in [0, 0.1) is 22.0 Å². The Kier molecular flexibility index (Phi) is 3.02. The Balaban J connectivity index is 3.14. The zero-order valence-electron chi connectivity index (χ0n) is 8.39. The van der Waals surface area contributed by atoms with E-state index in [9.17, 15) is 15.2 Å². The molecule has 0 radical (unpaired) electrons. The fourth-order valence-corrected chi connectivity index (χ4v) is 0.853. The van der Waals surface area contributed by atoms with Crippen molar-refractivity contribution in [3.05, 3.63) is 34.1 Å². The number of aromatic nitrogens is 1. The van der Waals surface area contributed by atoms with E-state index in [0.29, 0.717) is 0 Å². The molecule has 78 valence electrons. The monoisotopic (exact) mass is 206 g/mol. The van der Waals surface area contributed by atoms with Crippen LogP contribution in [0.2, 0.25) is 0 Å². The van der Waals surface area contributed by atoms with Gasteiger partial charge in [0, 0.05) is 12.3 Å². The average molecular weight is 206 g/mol. The van der Waals surface area contributed by atoms with Crippen LogP contribution >= 0.6 is 0 Å². The maximum Gasteiger partial charge on any atom is 0.303 e. The van der Waals surface area contributed by atoms with Gasteiger partial charge >= 0.3 is 5.69 Å². The van der Waals surface area contributed by atoms with Crippen molar-refractivity contribution in [2.75, 3.05) is 0 Å². The molecule has 1 N–H and O–H groups in total. The molecule has 0 aliphatic rings. The van der Waals surface area contributed by atoms with Gasteiger partial charge in [-0.2, -0.15) is 0 Å².